The number of H-pyrrole nitrogens is 1. The molecular formula is C18H22N6O2. The van der Waals surface area contributed by atoms with Crippen molar-refractivity contribution in [2.45, 2.75) is 38.5 Å². The van der Waals surface area contributed by atoms with Crippen molar-refractivity contribution in [2.24, 2.45) is 0 Å². The van der Waals surface area contributed by atoms with E-state index in [9.17, 15) is 4.79 Å². The van der Waals surface area contributed by atoms with Crippen molar-refractivity contribution < 1.29 is 9.53 Å². The van der Waals surface area contributed by atoms with Crippen LogP contribution in [0.1, 0.15) is 31.6 Å². The molecule has 136 valence electrons. The first-order valence-corrected chi connectivity index (χ1v) is 8.83. The van der Waals surface area contributed by atoms with Crippen molar-refractivity contribution in [2.75, 3.05) is 11.9 Å². The summed E-state index contributed by atoms with van der Waals surface area (Å²) in [5.74, 6) is 0.718. The Morgan fingerprint density at radius 3 is 3.15 bits per heavy atom. The fraction of sp³-hybridized carbons (Fsp3) is 0.389. The van der Waals surface area contributed by atoms with Crippen LogP contribution in [0.4, 0.5) is 10.5 Å². The maximum absolute atomic E-state index is 12.2. The average molecular weight is 354 g/mol. The molecule has 2 unspecified atom stereocenters. The van der Waals surface area contributed by atoms with E-state index >= 15 is 0 Å². The highest BCUT2D eigenvalue weighted by Crippen LogP contribution is 2.17. The molecule has 0 aliphatic carbocycles. The number of urea groups is 1. The van der Waals surface area contributed by atoms with Crippen LogP contribution in [0.25, 0.3) is 11.0 Å². The van der Waals surface area contributed by atoms with Crippen LogP contribution in [-0.2, 0) is 11.3 Å². The molecule has 1 aliphatic rings. The van der Waals surface area contributed by atoms with Crippen molar-refractivity contribution in [3.63, 3.8) is 0 Å². The highest BCUT2D eigenvalue weighted by molar-refractivity contribution is 5.89. The zero-order valence-corrected chi connectivity index (χ0v) is 14.6. The number of rotatable bonds is 5. The van der Waals surface area contributed by atoms with Crippen LogP contribution in [0.3, 0.4) is 0 Å². The van der Waals surface area contributed by atoms with Crippen molar-refractivity contribution in [1.82, 2.24) is 25.1 Å². The van der Waals surface area contributed by atoms with Gasteiger partial charge in [0.25, 0.3) is 0 Å². The van der Waals surface area contributed by atoms with Crippen LogP contribution in [0.15, 0.2) is 36.7 Å². The number of amides is 2. The fourth-order valence-electron chi connectivity index (χ4n) is 3.13. The number of fused-ring (bicyclic) bond motifs is 1. The number of carbonyl (C=O) groups is 1. The monoisotopic (exact) mass is 354 g/mol. The molecule has 3 heterocycles. The maximum atomic E-state index is 12.2. The molecule has 2 aromatic heterocycles. The van der Waals surface area contributed by atoms with Gasteiger partial charge >= 0.3 is 6.03 Å². The summed E-state index contributed by atoms with van der Waals surface area (Å²) >= 11 is 0. The molecule has 8 nitrogen and oxygen atoms in total. The largest absolute Gasteiger partial charge is 0.376 e. The Kier molecular flexibility index (Phi) is 4.57. The van der Waals surface area contributed by atoms with E-state index in [1.54, 1.807) is 10.9 Å². The molecule has 3 N–H and O–H groups in total. The van der Waals surface area contributed by atoms with Crippen molar-refractivity contribution in [1.29, 1.82) is 0 Å². The van der Waals surface area contributed by atoms with Crippen LogP contribution >= 0.6 is 0 Å². The Balaban J connectivity index is 1.33. The number of ether oxygens (including phenoxy) is 1. The quantitative estimate of drug-likeness (QED) is 0.656. The minimum absolute atomic E-state index is 0.213. The second kappa shape index (κ2) is 7.17. The van der Waals surface area contributed by atoms with Gasteiger partial charge in [-0.25, -0.2) is 9.78 Å². The number of para-hydroxylation sites is 2. The van der Waals surface area contributed by atoms with Crippen LogP contribution in [0.2, 0.25) is 0 Å². The third-order valence-corrected chi connectivity index (χ3v) is 4.47. The number of benzene rings is 1. The summed E-state index contributed by atoms with van der Waals surface area (Å²) in [6.45, 7) is 3.41. The molecule has 0 saturated carbocycles. The summed E-state index contributed by atoms with van der Waals surface area (Å²) in [6.07, 6.45) is 5.81. The molecule has 1 fully saturated rings. The number of imidazole rings is 1. The van der Waals surface area contributed by atoms with Gasteiger partial charge in [0.2, 0.25) is 0 Å². The standard InChI is InChI=1S/C18H22N6O2/c1-12(17-22-15-6-2-3-7-16(15)23-17)20-18(25)21-13-9-19-24(10-13)11-14-5-4-8-26-14/h2-3,6-7,9-10,12,14H,4-5,8,11H2,1H3,(H,22,23)(H2,20,21,25). The zero-order chi connectivity index (χ0) is 17.9. The number of aromatic amines is 1. The minimum Gasteiger partial charge on any atom is -0.376 e. The van der Waals surface area contributed by atoms with Gasteiger partial charge in [-0.3, -0.25) is 4.68 Å². The van der Waals surface area contributed by atoms with Crippen molar-refractivity contribution >= 4 is 22.8 Å². The van der Waals surface area contributed by atoms with Crippen LogP contribution in [0, 0.1) is 0 Å². The van der Waals surface area contributed by atoms with E-state index in [2.05, 4.69) is 25.7 Å². The molecule has 0 radical (unpaired) electrons. The first-order chi connectivity index (χ1) is 12.7. The number of nitrogens with one attached hydrogen (secondary N) is 3. The van der Waals surface area contributed by atoms with Gasteiger partial charge in [0.1, 0.15) is 5.82 Å². The molecule has 2 atom stereocenters. The molecule has 1 aliphatic heterocycles. The Labute approximate surface area is 150 Å². The minimum atomic E-state index is -0.297. The van der Waals surface area contributed by atoms with Gasteiger partial charge in [-0.15, -0.1) is 0 Å². The number of nitrogens with zero attached hydrogens (tertiary/aromatic N) is 3. The molecule has 4 rings (SSSR count). The SMILES string of the molecule is CC(NC(=O)Nc1cnn(CC2CCCO2)c1)c1nc2ccccc2[nH]1. The third-order valence-electron chi connectivity index (χ3n) is 4.47. The number of hydrogen-bond donors (Lipinski definition) is 3. The lowest BCUT2D eigenvalue weighted by Gasteiger charge is -2.11. The van der Waals surface area contributed by atoms with Crippen LogP contribution < -0.4 is 10.6 Å². The van der Waals surface area contributed by atoms with E-state index in [0.29, 0.717) is 12.2 Å². The van der Waals surface area contributed by atoms with E-state index in [1.165, 1.54) is 0 Å². The molecule has 2 amide bonds. The second-order valence-corrected chi connectivity index (χ2v) is 6.55. The maximum Gasteiger partial charge on any atom is 0.319 e. The van der Waals surface area contributed by atoms with Crippen molar-refractivity contribution in [3.8, 4) is 0 Å². The third kappa shape index (κ3) is 3.70. The highest BCUT2D eigenvalue weighted by atomic mass is 16.5. The topological polar surface area (TPSA) is 96.9 Å². The predicted octanol–water partition coefficient (Wildman–Crippen LogP) is 2.82. The Morgan fingerprint density at radius 1 is 1.46 bits per heavy atom. The van der Waals surface area contributed by atoms with Gasteiger partial charge in [0.05, 0.1) is 41.6 Å². The Hall–Kier alpha value is -2.87. The zero-order valence-electron chi connectivity index (χ0n) is 14.6. The summed E-state index contributed by atoms with van der Waals surface area (Å²) in [4.78, 5) is 20.0. The van der Waals surface area contributed by atoms with E-state index < -0.39 is 0 Å². The smallest absolute Gasteiger partial charge is 0.319 e. The lowest BCUT2D eigenvalue weighted by molar-refractivity contribution is 0.0940. The predicted molar refractivity (Wildman–Crippen MR) is 97.9 cm³/mol. The lowest BCUT2D eigenvalue weighted by atomic mass is 10.2. The summed E-state index contributed by atoms with van der Waals surface area (Å²) < 4.78 is 7.40. The Bertz CT molecular complexity index is 863. The average Bonchev–Trinajstić information content (AvgIpc) is 3.35. The van der Waals surface area contributed by atoms with Gasteiger partial charge in [-0.1, -0.05) is 12.1 Å². The van der Waals surface area contributed by atoms with Crippen LogP contribution in [0.5, 0.6) is 0 Å². The first-order valence-electron chi connectivity index (χ1n) is 8.83. The van der Waals surface area contributed by atoms with Crippen molar-refractivity contribution in [3.05, 3.63) is 42.5 Å². The van der Waals surface area contributed by atoms with Gasteiger partial charge in [0, 0.05) is 12.8 Å². The van der Waals surface area contributed by atoms with Gasteiger partial charge in [-0.2, -0.15) is 5.10 Å². The fourth-order valence-corrected chi connectivity index (χ4v) is 3.13. The highest BCUT2D eigenvalue weighted by Gasteiger charge is 2.17. The molecule has 3 aromatic rings. The first kappa shape index (κ1) is 16.6. The Morgan fingerprint density at radius 2 is 2.35 bits per heavy atom. The summed E-state index contributed by atoms with van der Waals surface area (Å²) in [5, 5.41) is 9.96. The van der Waals surface area contributed by atoms with E-state index in [0.717, 1.165) is 36.3 Å². The number of carbonyl (C=O) groups excluding carboxylic acids is 1. The summed E-state index contributed by atoms with van der Waals surface area (Å²) in [7, 11) is 0. The van der Waals surface area contributed by atoms with E-state index in [-0.39, 0.29) is 18.2 Å². The normalized spacial score (nSPS) is 18.1. The van der Waals surface area contributed by atoms with Gasteiger partial charge in [0.15, 0.2) is 0 Å². The molecular weight excluding hydrogens is 332 g/mol. The van der Waals surface area contributed by atoms with Crippen LogP contribution in [-0.4, -0.2) is 38.5 Å². The number of hydrogen-bond acceptors (Lipinski definition) is 4. The van der Waals surface area contributed by atoms with E-state index in [1.807, 2.05) is 37.4 Å². The molecule has 26 heavy (non-hydrogen) atoms. The summed E-state index contributed by atoms with van der Waals surface area (Å²) in [5.41, 5.74) is 2.48. The summed E-state index contributed by atoms with van der Waals surface area (Å²) in [6, 6.07) is 7.24. The molecule has 1 aromatic carbocycles. The molecule has 1 saturated heterocycles. The lowest BCUT2D eigenvalue weighted by Crippen LogP contribution is -2.31. The number of aromatic nitrogens is 4. The molecule has 0 bridgehead atoms. The van der Waals surface area contributed by atoms with Gasteiger partial charge in [-0.05, 0) is 31.9 Å². The van der Waals surface area contributed by atoms with Gasteiger partial charge < -0.3 is 20.4 Å². The van der Waals surface area contributed by atoms with E-state index in [4.69, 9.17) is 4.74 Å². The number of anilines is 1. The second-order valence-electron chi connectivity index (χ2n) is 6.55. The molecule has 8 heteroatoms. The molecule has 0 spiro atoms.